The van der Waals surface area contributed by atoms with Crippen molar-refractivity contribution in [3.05, 3.63) is 40.1 Å². The second-order valence-corrected chi connectivity index (χ2v) is 8.73. The predicted octanol–water partition coefficient (Wildman–Crippen LogP) is 3.22. The highest BCUT2D eigenvalue weighted by Crippen LogP contribution is 2.32. The summed E-state index contributed by atoms with van der Waals surface area (Å²) in [5.74, 6) is 1.76. The van der Waals surface area contributed by atoms with Crippen LogP contribution in [0, 0.1) is 6.92 Å². The van der Waals surface area contributed by atoms with Gasteiger partial charge in [-0.15, -0.1) is 11.3 Å². The summed E-state index contributed by atoms with van der Waals surface area (Å²) in [5.41, 5.74) is 2.79. The molecule has 0 radical (unpaired) electrons. The first kappa shape index (κ1) is 18.6. The van der Waals surface area contributed by atoms with Gasteiger partial charge in [-0.25, -0.2) is 15.0 Å². The Balaban J connectivity index is 1.31. The Labute approximate surface area is 177 Å². The molecule has 2 fully saturated rings. The van der Waals surface area contributed by atoms with Crippen LogP contribution in [0.3, 0.4) is 0 Å². The minimum atomic E-state index is 0.0149. The van der Waals surface area contributed by atoms with E-state index in [2.05, 4.69) is 37.1 Å². The van der Waals surface area contributed by atoms with E-state index in [0.717, 1.165) is 67.5 Å². The van der Waals surface area contributed by atoms with E-state index < -0.39 is 0 Å². The fourth-order valence-corrected chi connectivity index (χ4v) is 5.10. The number of thiophene rings is 1. The van der Waals surface area contributed by atoms with Crippen LogP contribution in [-0.4, -0.2) is 65.0 Å². The van der Waals surface area contributed by atoms with Gasteiger partial charge in [0.2, 0.25) is 0 Å². The average molecular weight is 429 g/mol. The van der Waals surface area contributed by atoms with E-state index in [1.54, 1.807) is 29.9 Å². The van der Waals surface area contributed by atoms with Crippen LogP contribution in [0.15, 0.2) is 24.0 Å². The van der Waals surface area contributed by atoms with Crippen molar-refractivity contribution in [1.29, 1.82) is 0 Å². The molecule has 0 saturated carbocycles. The summed E-state index contributed by atoms with van der Waals surface area (Å²) in [4.78, 5) is 32.1. The summed E-state index contributed by atoms with van der Waals surface area (Å²) < 4.78 is 1.14. The first-order valence-electron chi connectivity index (χ1n) is 9.75. The van der Waals surface area contributed by atoms with Crippen molar-refractivity contribution in [2.75, 3.05) is 49.1 Å². The molecule has 1 amide bonds. The number of likely N-dealkylation sites (tertiary alicyclic amines) is 1. The Morgan fingerprint density at radius 1 is 1.03 bits per heavy atom. The second-order valence-electron chi connectivity index (χ2n) is 7.44. The lowest BCUT2D eigenvalue weighted by atomic mass is 10.1. The molecule has 0 aliphatic carbocycles. The van der Waals surface area contributed by atoms with E-state index in [4.69, 9.17) is 11.6 Å². The maximum absolute atomic E-state index is 12.4. The molecule has 2 saturated heterocycles. The molecule has 29 heavy (non-hydrogen) atoms. The first-order valence-corrected chi connectivity index (χ1v) is 11.0. The minimum Gasteiger partial charge on any atom is -0.352 e. The molecule has 3 aromatic rings. The van der Waals surface area contributed by atoms with E-state index in [1.165, 1.54) is 5.56 Å². The highest BCUT2D eigenvalue weighted by Gasteiger charge is 2.25. The van der Waals surface area contributed by atoms with Gasteiger partial charge < -0.3 is 14.7 Å². The van der Waals surface area contributed by atoms with E-state index in [0.29, 0.717) is 10.6 Å². The lowest BCUT2D eigenvalue weighted by Crippen LogP contribution is -2.47. The summed E-state index contributed by atoms with van der Waals surface area (Å²) in [6.45, 7) is 6.97. The number of nitrogens with zero attached hydrogens (tertiary/aromatic N) is 6. The van der Waals surface area contributed by atoms with Gasteiger partial charge in [0.25, 0.3) is 5.91 Å². The summed E-state index contributed by atoms with van der Waals surface area (Å²) in [5, 5.41) is 2.66. The zero-order chi connectivity index (χ0) is 20.0. The van der Waals surface area contributed by atoms with Crippen LogP contribution in [0.2, 0.25) is 5.02 Å². The molecular formula is C20H21ClN6OS. The highest BCUT2D eigenvalue weighted by atomic mass is 35.5. The third kappa shape index (κ3) is 3.30. The van der Waals surface area contributed by atoms with Crippen molar-refractivity contribution in [1.82, 2.24) is 19.9 Å². The van der Waals surface area contributed by atoms with Crippen molar-refractivity contribution in [3.8, 4) is 0 Å². The zero-order valence-corrected chi connectivity index (χ0v) is 17.7. The van der Waals surface area contributed by atoms with E-state index in [1.807, 2.05) is 4.90 Å². The number of carbonyl (C=O) groups is 1. The Morgan fingerprint density at radius 3 is 2.41 bits per heavy atom. The predicted molar refractivity (Wildman–Crippen MR) is 116 cm³/mol. The topological polar surface area (TPSA) is 65.5 Å². The van der Waals surface area contributed by atoms with Gasteiger partial charge in [-0.05, 0) is 30.4 Å². The molecular weight excluding hydrogens is 408 g/mol. The Morgan fingerprint density at radius 2 is 1.76 bits per heavy atom. The number of carbonyl (C=O) groups excluding carboxylic acids is 1. The number of anilines is 2. The number of halogens is 1. The van der Waals surface area contributed by atoms with Crippen molar-refractivity contribution in [2.45, 2.75) is 13.3 Å². The Bertz CT molecular complexity index is 1070. The number of aryl methyl sites for hydroxylation is 1. The fraction of sp³-hybridized carbons (Fsp3) is 0.400. The molecule has 0 atom stereocenters. The van der Waals surface area contributed by atoms with Crippen molar-refractivity contribution in [3.63, 3.8) is 0 Å². The number of piperazine rings is 1. The highest BCUT2D eigenvalue weighted by molar-refractivity contribution is 7.18. The van der Waals surface area contributed by atoms with Crippen LogP contribution >= 0.6 is 22.9 Å². The average Bonchev–Trinajstić information content (AvgIpc) is 3.08. The van der Waals surface area contributed by atoms with Crippen molar-refractivity contribution < 1.29 is 4.79 Å². The number of hydrogen-bond acceptors (Lipinski definition) is 7. The van der Waals surface area contributed by atoms with Gasteiger partial charge in [0, 0.05) is 45.5 Å². The number of pyridine rings is 1. The van der Waals surface area contributed by atoms with Crippen molar-refractivity contribution in [2.24, 2.45) is 0 Å². The number of hydrogen-bond donors (Lipinski definition) is 0. The second kappa shape index (κ2) is 7.42. The third-order valence-electron chi connectivity index (χ3n) is 5.60. The molecule has 0 N–H and O–H groups in total. The quantitative estimate of drug-likeness (QED) is 0.638. The van der Waals surface area contributed by atoms with E-state index in [9.17, 15) is 4.79 Å². The molecule has 0 spiro atoms. The monoisotopic (exact) mass is 428 g/mol. The molecule has 7 nitrogen and oxygen atoms in total. The van der Waals surface area contributed by atoms with Gasteiger partial charge in [0.05, 0.1) is 20.8 Å². The molecule has 0 unspecified atom stereocenters. The van der Waals surface area contributed by atoms with Gasteiger partial charge in [-0.3, -0.25) is 4.79 Å². The molecule has 3 aromatic heterocycles. The zero-order valence-electron chi connectivity index (χ0n) is 16.1. The van der Waals surface area contributed by atoms with Gasteiger partial charge in [0.15, 0.2) is 0 Å². The van der Waals surface area contributed by atoms with Crippen LogP contribution in [0.4, 0.5) is 11.6 Å². The Kier molecular flexibility index (Phi) is 4.75. The van der Waals surface area contributed by atoms with Crippen molar-refractivity contribution >= 4 is 50.7 Å². The lowest BCUT2D eigenvalue weighted by Gasteiger charge is -2.36. The number of amides is 1. The van der Waals surface area contributed by atoms with Crippen LogP contribution in [0.1, 0.15) is 22.3 Å². The summed E-state index contributed by atoms with van der Waals surface area (Å²) in [6, 6.07) is 1.75. The standard InChI is InChI=1S/C20H21ClN6OS/c1-13-11-29-17-16(13)23-12-24-19(17)26-7-5-25(6-8-26)18-15(21)9-14(10-22-18)20(28)27-3-2-4-27/h9-12H,2-8H2,1H3. The minimum absolute atomic E-state index is 0.0149. The van der Waals surface area contributed by atoms with Crippen LogP contribution in [0.25, 0.3) is 10.2 Å². The molecule has 2 aliphatic heterocycles. The lowest BCUT2D eigenvalue weighted by molar-refractivity contribution is 0.0651. The Hall–Kier alpha value is -2.45. The number of rotatable bonds is 3. The normalized spacial score (nSPS) is 17.0. The molecule has 2 aliphatic rings. The van der Waals surface area contributed by atoms with Crippen LogP contribution in [-0.2, 0) is 0 Å². The summed E-state index contributed by atoms with van der Waals surface area (Å²) in [6.07, 6.45) is 4.37. The van der Waals surface area contributed by atoms with Gasteiger partial charge in [-0.2, -0.15) is 0 Å². The van der Waals surface area contributed by atoms with Gasteiger partial charge in [-0.1, -0.05) is 11.6 Å². The summed E-state index contributed by atoms with van der Waals surface area (Å²) in [7, 11) is 0. The van der Waals surface area contributed by atoms with Gasteiger partial charge in [0.1, 0.15) is 18.0 Å². The fourth-order valence-electron chi connectivity index (χ4n) is 3.79. The molecule has 0 bridgehead atoms. The largest absolute Gasteiger partial charge is 0.352 e. The van der Waals surface area contributed by atoms with Crippen LogP contribution < -0.4 is 9.80 Å². The number of aromatic nitrogens is 3. The summed E-state index contributed by atoms with van der Waals surface area (Å²) >= 11 is 8.20. The number of fused-ring (bicyclic) bond motifs is 1. The van der Waals surface area contributed by atoms with Gasteiger partial charge >= 0.3 is 0 Å². The maximum atomic E-state index is 12.4. The molecule has 150 valence electrons. The van der Waals surface area contributed by atoms with E-state index >= 15 is 0 Å². The first-order chi connectivity index (χ1) is 14.1. The SMILES string of the molecule is Cc1csc2c(N3CCN(c4ncc(C(=O)N5CCC5)cc4Cl)CC3)ncnc12. The molecule has 0 aromatic carbocycles. The molecule has 9 heteroatoms. The van der Waals surface area contributed by atoms with Crippen LogP contribution in [0.5, 0.6) is 0 Å². The molecule has 5 heterocycles. The third-order valence-corrected chi connectivity index (χ3v) is 6.96. The van der Waals surface area contributed by atoms with E-state index in [-0.39, 0.29) is 5.91 Å². The molecule has 5 rings (SSSR count). The maximum Gasteiger partial charge on any atom is 0.255 e. The smallest absolute Gasteiger partial charge is 0.255 e.